The molecule has 1 heterocycles. The van der Waals surface area contributed by atoms with Gasteiger partial charge in [-0.15, -0.1) is 0 Å². The number of aliphatic hydroxyl groups is 1. The minimum Gasteiger partial charge on any atom is -0.493 e. The number of nitrogens with zero attached hydrogens (tertiary/aromatic N) is 1. The number of aliphatic hydroxyl groups excluding tert-OH is 1. The van der Waals surface area contributed by atoms with E-state index in [2.05, 4.69) is 4.98 Å². The fraction of sp³-hybridized carbons (Fsp3) is 0.444. The van der Waals surface area contributed by atoms with Gasteiger partial charge in [0.2, 0.25) is 0 Å². The van der Waals surface area contributed by atoms with Crippen molar-refractivity contribution in [3.05, 3.63) is 24.0 Å². The lowest BCUT2D eigenvalue weighted by molar-refractivity contribution is 0.233. The second kappa shape index (κ2) is 4.72. The minimum atomic E-state index is 0.171. The Morgan fingerprint density at radius 1 is 1.58 bits per heavy atom. The van der Waals surface area contributed by atoms with Crippen LogP contribution >= 0.6 is 0 Å². The van der Waals surface area contributed by atoms with Crippen molar-refractivity contribution in [3.8, 4) is 5.75 Å². The molecular weight excluding hydrogens is 154 g/mol. The van der Waals surface area contributed by atoms with Gasteiger partial charge in [-0.2, -0.15) is 0 Å². The van der Waals surface area contributed by atoms with Crippen molar-refractivity contribution < 1.29 is 9.84 Å². The van der Waals surface area contributed by atoms with E-state index in [4.69, 9.17) is 9.84 Å². The smallest absolute Gasteiger partial charge is 0.125 e. The first-order valence-electron chi connectivity index (χ1n) is 3.99. The number of hydrogen-bond acceptors (Lipinski definition) is 3. The molecule has 0 spiro atoms. The molecule has 0 aliphatic rings. The molecular formula is C9H13NO2. The van der Waals surface area contributed by atoms with Crippen molar-refractivity contribution in [2.45, 2.75) is 13.3 Å². The van der Waals surface area contributed by atoms with E-state index in [1.807, 2.05) is 13.0 Å². The van der Waals surface area contributed by atoms with Gasteiger partial charge in [0.15, 0.2) is 0 Å². The molecule has 12 heavy (non-hydrogen) atoms. The first-order valence-corrected chi connectivity index (χ1v) is 3.99. The van der Waals surface area contributed by atoms with Gasteiger partial charge in [0.25, 0.3) is 0 Å². The summed E-state index contributed by atoms with van der Waals surface area (Å²) >= 11 is 0. The van der Waals surface area contributed by atoms with Gasteiger partial charge in [0, 0.05) is 31.0 Å². The van der Waals surface area contributed by atoms with E-state index in [9.17, 15) is 0 Å². The van der Waals surface area contributed by atoms with E-state index in [0.717, 1.165) is 11.3 Å². The molecule has 1 N–H and O–H groups in total. The molecule has 0 aliphatic carbocycles. The van der Waals surface area contributed by atoms with Crippen LogP contribution in [0.1, 0.15) is 12.0 Å². The molecule has 0 saturated heterocycles. The van der Waals surface area contributed by atoms with E-state index in [1.165, 1.54) is 0 Å². The number of hydrogen-bond donors (Lipinski definition) is 1. The highest BCUT2D eigenvalue weighted by atomic mass is 16.5. The zero-order chi connectivity index (χ0) is 8.81. The first kappa shape index (κ1) is 9.00. The van der Waals surface area contributed by atoms with Crippen molar-refractivity contribution in [2.24, 2.45) is 0 Å². The first-order chi connectivity index (χ1) is 5.84. The normalized spacial score (nSPS) is 9.83. The van der Waals surface area contributed by atoms with Gasteiger partial charge in [-0.3, -0.25) is 4.98 Å². The molecule has 1 aromatic heterocycles. The zero-order valence-electron chi connectivity index (χ0n) is 7.16. The summed E-state index contributed by atoms with van der Waals surface area (Å²) in [5.74, 6) is 0.846. The van der Waals surface area contributed by atoms with Crippen molar-refractivity contribution in [2.75, 3.05) is 13.2 Å². The monoisotopic (exact) mass is 167 g/mol. The largest absolute Gasteiger partial charge is 0.493 e. The molecule has 3 heteroatoms. The number of pyridine rings is 1. The van der Waals surface area contributed by atoms with Gasteiger partial charge >= 0.3 is 0 Å². The average molecular weight is 167 g/mol. The van der Waals surface area contributed by atoms with Gasteiger partial charge in [-0.25, -0.2) is 0 Å². The molecule has 1 aromatic rings. The third-order valence-electron chi connectivity index (χ3n) is 1.53. The van der Waals surface area contributed by atoms with E-state index in [-0.39, 0.29) is 6.61 Å². The van der Waals surface area contributed by atoms with Crippen LogP contribution in [0.15, 0.2) is 18.5 Å². The van der Waals surface area contributed by atoms with Crippen LogP contribution in [0.4, 0.5) is 0 Å². The molecule has 0 radical (unpaired) electrons. The third-order valence-corrected chi connectivity index (χ3v) is 1.53. The van der Waals surface area contributed by atoms with Crippen molar-refractivity contribution in [3.63, 3.8) is 0 Å². The van der Waals surface area contributed by atoms with Crippen LogP contribution in [0.2, 0.25) is 0 Å². The molecule has 0 atom stereocenters. The summed E-state index contributed by atoms with van der Waals surface area (Å²) in [4.78, 5) is 3.94. The highest BCUT2D eigenvalue weighted by Gasteiger charge is 1.96. The Morgan fingerprint density at radius 3 is 3.08 bits per heavy atom. The van der Waals surface area contributed by atoms with Crippen LogP contribution in [0.25, 0.3) is 0 Å². The Hall–Kier alpha value is -1.09. The Kier molecular flexibility index (Phi) is 3.54. The Morgan fingerprint density at radius 2 is 2.42 bits per heavy atom. The van der Waals surface area contributed by atoms with Crippen LogP contribution in [-0.4, -0.2) is 23.3 Å². The molecule has 0 bridgehead atoms. The number of aryl methyl sites for hydroxylation is 1. The van der Waals surface area contributed by atoms with Gasteiger partial charge in [-0.1, -0.05) is 0 Å². The predicted molar refractivity (Wildman–Crippen MR) is 46.2 cm³/mol. The number of ether oxygens (including phenoxy) is 1. The van der Waals surface area contributed by atoms with Crippen LogP contribution in [0.5, 0.6) is 5.75 Å². The van der Waals surface area contributed by atoms with Crippen molar-refractivity contribution in [1.29, 1.82) is 0 Å². The maximum atomic E-state index is 8.52. The Bertz CT molecular complexity index is 238. The topological polar surface area (TPSA) is 42.4 Å². The lowest BCUT2D eigenvalue weighted by atomic mass is 10.3. The van der Waals surface area contributed by atoms with Gasteiger partial charge < -0.3 is 9.84 Å². The lowest BCUT2D eigenvalue weighted by Crippen LogP contribution is -2.00. The quantitative estimate of drug-likeness (QED) is 0.684. The number of rotatable bonds is 4. The summed E-state index contributed by atoms with van der Waals surface area (Å²) in [6.45, 7) is 2.67. The Balaban J connectivity index is 2.46. The maximum absolute atomic E-state index is 8.52. The summed E-state index contributed by atoms with van der Waals surface area (Å²) in [5.41, 5.74) is 1.02. The molecule has 0 unspecified atom stereocenters. The second-order valence-electron chi connectivity index (χ2n) is 2.57. The SMILES string of the molecule is Cc1cnccc1OCCCO. The highest BCUT2D eigenvalue weighted by Crippen LogP contribution is 2.14. The molecule has 3 nitrogen and oxygen atoms in total. The summed E-state index contributed by atoms with van der Waals surface area (Å²) in [7, 11) is 0. The summed E-state index contributed by atoms with van der Waals surface area (Å²) in [6.07, 6.45) is 4.12. The van der Waals surface area contributed by atoms with Gasteiger partial charge in [-0.05, 0) is 13.0 Å². The predicted octanol–water partition coefficient (Wildman–Crippen LogP) is 1.15. The van der Waals surface area contributed by atoms with E-state index in [1.54, 1.807) is 12.4 Å². The second-order valence-corrected chi connectivity index (χ2v) is 2.57. The van der Waals surface area contributed by atoms with E-state index in [0.29, 0.717) is 13.0 Å². The summed E-state index contributed by atoms with van der Waals surface area (Å²) in [5, 5.41) is 8.52. The summed E-state index contributed by atoms with van der Waals surface area (Å²) < 4.78 is 5.38. The van der Waals surface area contributed by atoms with Gasteiger partial charge in [0.1, 0.15) is 5.75 Å². The van der Waals surface area contributed by atoms with Crippen LogP contribution in [0, 0.1) is 6.92 Å². The molecule has 0 amide bonds. The molecule has 0 aromatic carbocycles. The molecule has 1 rings (SSSR count). The fourth-order valence-electron chi connectivity index (χ4n) is 0.869. The van der Waals surface area contributed by atoms with Crippen LogP contribution in [-0.2, 0) is 0 Å². The zero-order valence-corrected chi connectivity index (χ0v) is 7.16. The average Bonchev–Trinajstić information content (AvgIpc) is 2.09. The highest BCUT2D eigenvalue weighted by molar-refractivity contribution is 5.28. The standard InChI is InChI=1S/C9H13NO2/c1-8-7-10-4-3-9(8)12-6-2-5-11/h3-4,7,11H,2,5-6H2,1H3. The lowest BCUT2D eigenvalue weighted by Gasteiger charge is -2.06. The maximum Gasteiger partial charge on any atom is 0.125 e. The third kappa shape index (κ3) is 2.51. The van der Waals surface area contributed by atoms with Gasteiger partial charge in [0.05, 0.1) is 6.61 Å². The van der Waals surface area contributed by atoms with Crippen LogP contribution < -0.4 is 4.74 Å². The van der Waals surface area contributed by atoms with E-state index >= 15 is 0 Å². The van der Waals surface area contributed by atoms with Crippen molar-refractivity contribution in [1.82, 2.24) is 4.98 Å². The molecule has 0 saturated carbocycles. The fourth-order valence-corrected chi connectivity index (χ4v) is 0.869. The van der Waals surface area contributed by atoms with E-state index < -0.39 is 0 Å². The van der Waals surface area contributed by atoms with Crippen LogP contribution in [0.3, 0.4) is 0 Å². The molecule has 0 fully saturated rings. The summed E-state index contributed by atoms with van der Waals surface area (Å²) in [6, 6.07) is 1.83. The molecule has 0 aliphatic heterocycles. The molecule has 66 valence electrons. The van der Waals surface area contributed by atoms with Crippen molar-refractivity contribution >= 4 is 0 Å². The number of aromatic nitrogens is 1. The Labute approximate surface area is 72.0 Å². The minimum absolute atomic E-state index is 0.171.